The molecule has 0 radical (unpaired) electrons. The van der Waals surface area contributed by atoms with Crippen LogP contribution in [0.3, 0.4) is 0 Å². The predicted octanol–water partition coefficient (Wildman–Crippen LogP) is 1.83. The lowest BCUT2D eigenvalue weighted by Gasteiger charge is -2.30. The summed E-state index contributed by atoms with van der Waals surface area (Å²) in [5.74, 6) is -0.155. The minimum atomic E-state index is -0.598. The highest BCUT2D eigenvalue weighted by molar-refractivity contribution is 5.96. The van der Waals surface area contributed by atoms with Crippen LogP contribution in [0.1, 0.15) is 44.1 Å². The van der Waals surface area contributed by atoms with E-state index in [-0.39, 0.29) is 11.9 Å². The van der Waals surface area contributed by atoms with Crippen molar-refractivity contribution >= 4 is 12.0 Å². The Kier molecular flexibility index (Phi) is 4.37. The summed E-state index contributed by atoms with van der Waals surface area (Å²) in [6.07, 6.45) is 2.60. The molecule has 0 aliphatic carbocycles. The summed E-state index contributed by atoms with van der Waals surface area (Å²) in [6, 6.07) is 3.47. The van der Waals surface area contributed by atoms with Gasteiger partial charge in [-0.2, -0.15) is 0 Å². The van der Waals surface area contributed by atoms with Crippen molar-refractivity contribution in [1.29, 1.82) is 0 Å². The molecule has 1 aliphatic heterocycles. The summed E-state index contributed by atoms with van der Waals surface area (Å²) in [7, 11) is 0. The lowest BCUT2D eigenvalue weighted by atomic mass is 10.1. The first-order chi connectivity index (χ1) is 9.78. The number of nitrogens with zero attached hydrogens (tertiary/aromatic N) is 2. The van der Waals surface area contributed by atoms with Gasteiger partial charge < -0.3 is 15.4 Å². The number of piperidine rings is 1. The van der Waals surface area contributed by atoms with Gasteiger partial charge in [0.25, 0.3) is 5.91 Å². The van der Waals surface area contributed by atoms with Crippen molar-refractivity contribution in [2.75, 3.05) is 13.1 Å². The van der Waals surface area contributed by atoms with Crippen LogP contribution in [0.25, 0.3) is 0 Å². The average Bonchev–Trinajstić information content (AvgIpc) is 2.86. The number of hydrogen-bond donors (Lipinski definition) is 1. The van der Waals surface area contributed by atoms with Gasteiger partial charge in [0.15, 0.2) is 0 Å². The van der Waals surface area contributed by atoms with Crippen molar-refractivity contribution in [3.05, 3.63) is 24.0 Å². The minimum Gasteiger partial charge on any atom is -0.443 e. The molecule has 6 nitrogen and oxygen atoms in total. The first kappa shape index (κ1) is 15.6. The van der Waals surface area contributed by atoms with Crippen molar-refractivity contribution in [1.82, 2.24) is 9.47 Å². The molecule has 0 spiro atoms. The van der Waals surface area contributed by atoms with Crippen LogP contribution in [0, 0.1) is 0 Å². The van der Waals surface area contributed by atoms with Gasteiger partial charge in [-0.05, 0) is 45.7 Å². The van der Waals surface area contributed by atoms with Crippen LogP contribution in [0.15, 0.2) is 18.3 Å². The van der Waals surface area contributed by atoms with E-state index in [1.54, 1.807) is 44.0 Å². The van der Waals surface area contributed by atoms with E-state index in [9.17, 15) is 9.59 Å². The van der Waals surface area contributed by atoms with Crippen molar-refractivity contribution in [2.24, 2.45) is 5.73 Å². The van der Waals surface area contributed by atoms with E-state index in [2.05, 4.69) is 0 Å². The second-order valence-electron chi connectivity index (χ2n) is 6.37. The molecular weight excluding hydrogens is 270 g/mol. The monoisotopic (exact) mass is 293 g/mol. The van der Waals surface area contributed by atoms with Gasteiger partial charge in [-0.25, -0.2) is 9.36 Å². The van der Waals surface area contributed by atoms with Gasteiger partial charge in [0.05, 0.1) is 0 Å². The molecule has 0 aromatic carbocycles. The van der Waals surface area contributed by atoms with E-state index < -0.39 is 11.7 Å². The van der Waals surface area contributed by atoms with Crippen molar-refractivity contribution in [2.45, 2.75) is 45.3 Å². The van der Waals surface area contributed by atoms with Crippen LogP contribution in [-0.4, -0.2) is 46.2 Å². The van der Waals surface area contributed by atoms with Gasteiger partial charge in [0, 0.05) is 25.3 Å². The highest BCUT2D eigenvalue weighted by atomic mass is 16.6. The lowest BCUT2D eigenvalue weighted by molar-refractivity contribution is 0.0511. The van der Waals surface area contributed by atoms with Crippen molar-refractivity contribution in [3.8, 4) is 0 Å². The van der Waals surface area contributed by atoms with Crippen LogP contribution in [-0.2, 0) is 4.74 Å². The van der Waals surface area contributed by atoms with E-state index in [4.69, 9.17) is 10.5 Å². The van der Waals surface area contributed by atoms with E-state index >= 15 is 0 Å². The molecule has 0 saturated carbocycles. The predicted molar refractivity (Wildman–Crippen MR) is 79.2 cm³/mol. The van der Waals surface area contributed by atoms with Crippen LogP contribution in [0.2, 0.25) is 0 Å². The van der Waals surface area contributed by atoms with Crippen molar-refractivity contribution < 1.29 is 14.3 Å². The highest BCUT2D eigenvalue weighted by Crippen LogP contribution is 2.15. The third-order valence-electron chi connectivity index (χ3n) is 3.38. The number of nitrogens with two attached hydrogens (primary N) is 1. The molecule has 21 heavy (non-hydrogen) atoms. The molecule has 1 aromatic rings. The Morgan fingerprint density at radius 3 is 2.48 bits per heavy atom. The zero-order valence-corrected chi connectivity index (χ0v) is 12.8. The van der Waals surface area contributed by atoms with Gasteiger partial charge in [-0.1, -0.05) is 0 Å². The van der Waals surface area contributed by atoms with Gasteiger partial charge in [-0.3, -0.25) is 4.79 Å². The molecule has 1 amide bonds. The zero-order valence-electron chi connectivity index (χ0n) is 12.8. The third kappa shape index (κ3) is 3.85. The molecule has 2 N–H and O–H groups in total. The fourth-order valence-electron chi connectivity index (χ4n) is 2.29. The van der Waals surface area contributed by atoms with Crippen LogP contribution in [0.4, 0.5) is 4.79 Å². The smallest absolute Gasteiger partial charge is 0.419 e. The van der Waals surface area contributed by atoms with Gasteiger partial charge >= 0.3 is 6.09 Å². The lowest BCUT2D eigenvalue weighted by Crippen LogP contribution is -2.43. The quantitative estimate of drug-likeness (QED) is 0.857. The summed E-state index contributed by atoms with van der Waals surface area (Å²) in [5, 5.41) is 0. The fraction of sp³-hybridized carbons (Fsp3) is 0.600. The van der Waals surface area contributed by atoms with E-state index in [1.807, 2.05) is 0 Å². The SMILES string of the molecule is CC(C)(C)OC(=O)n1cccc1C(=O)N1CCC(N)CC1. The molecule has 116 valence electrons. The molecule has 1 aliphatic rings. The Labute approximate surface area is 124 Å². The first-order valence-corrected chi connectivity index (χ1v) is 7.23. The topological polar surface area (TPSA) is 77.6 Å². The molecule has 0 bridgehead atoms. The summed E-state index contributed by atoms with van der Waals surface area (Å²) in [5.41, 5.74) is 5.58. The molecule has 1 aromatic heterocycles. The number of ether oxygens (including phenoxy) is 1. The molecule has 6 heteroatoms. The zero-order chi connectivity index (χ0) is 15.6. The van der Waals surface area contributed by atoms with E-state index in [0.29, 0.717) is 18.8 Å². The fourth-order valence-corrected chi connectivity index (χ4v) is 2.29. The van der Waals surface area contributed by atoms with E-state index in [0.717, 1.165) is 12.8 Å². The second kappa shape index (κ2) is 5.89. The van der Waals surface area contributed by atoms with Gasteiger partial charge in [0.1, 0.15) is 11.3 Å². The van der Waals surface area contributed by atoms with Crippen molar-refractivity contribution in [3.63, 3.8) is 0 Å². The summed E-state index contributed by atoms with van der Waals surface area (Å²) in [4.78, 5) is 26.4. The van der Waals surface area contributed by atoms with Gasteiger partial charge in [0.2, 0.25) is 0 Å². The standard InChI is InChI=1S/C15H23N3O3/c1-15(2,3)21-14(20)18-8-4-5-12(18)13(19)17-9-6-11(16)7-10-17/h4-5,8,11H,6-7,9-10,16H2,1-3H3. The van der Waals surface area contributed by atoms with Crippen LogP contribution in [0.5, 0.6) is 0 Å². The number of amides is 1. The Morgan fingerprint density at radius 1 is 1.29 bits per heavy atom. The number of carbonyl (C=O) groups is 2. The Morgan fingerprint density at radius 2 is 1.90 bits per heavy atom. The van der Waals surface area contributed by atoms with Crippen LogP contribution < -0.4 is 5.73 Å². The van der Waals surface area contributed by atoms with E-state index in [1.165, 1.54) is 4.57 Å². The van der Waals surface area contributed by atoms with Gasteiger partial charge in [-0.15, -0.1) is 0 Å². The number of hydrogen-bond acceptors (Lipinski definition) is 4. The van der Waals surface area contributed by atoms with Crippen LogP contribution >= 0.6 is 0 Å². The largest absolute Gasteiger partial charge is 0.443 e. The molecular formula is C15H23N3O3. The maximum Gasteiger partial charge on any atom is 0.419 e. The molecule has 2 heterocycles. The Bertz CT molecular complexity index is 523. The minimum absolute atomic E-state index is 0.155. The average molecular weight is 293 g/mol. The summed E-state index contributed by atoms with van der Waals surface area (Å²) in [6.45, 7) is 6.63. The molecule has 1 fully saturated rings. The number of carbonyl (C=O) groups excluding carboxylic acids is 2. The number of likely N-dealkylation sites (tertiary alicyclic amines) is 1. The normalized spacial score (nSPS) is 16.9. The molecule has 1 saturated heterocycles. The maximum absolute atomic E-state index is 12.5. The summed E-state index contributed by atoms with van der Waals surface area (Å²) >= 11 is 0. The maximum atomic E-state index is 12.5. The summed E-state index contributed by atoms with van der Waals surface area (Å²) < 4.78 is 6.58. The highest BCUT2D eigenvalue weighted by Gasteiger charge is 2.26. The number of aromatic nitrogens is 1. The number of rotatable bonds is 1. The molecule has 0 atom stereocenters. The Balaban J connectivity index is 2.12. The second-order valence-corrected chi connectivity index (χ2v) is 6.37. The molecule has 0 unspecified atom stereocenters. The first-order valence-electron chi connectivity index (χ1n) is 7.23. The Hall–Kier alpha value is -1.82. The third-order valence-corrected chi connectivity index (χ3v) is 3.38. The molecule has 2 rings (SSSR count).